The highest BCUT2D eigenvalue weighted by molar-refractivity contribution is 5.72. The van der Waals surface area contributed by atoms with Crippen molar-refractivity contribution in [2.45, 2.75) is 31.7 Å². The Balaban J connectivity index is 2.41. The Kier molecular flexibility index (Phi) is 3.34. The van der Waals surface area contributed by atoms with Gasteiger partial charge < -0.3 is 16.8 Å². The molecule has 0 spiro atoms. The van der Waals surface area contributed by atoms with Crippen molar-refractivity contribution < 1.29 is 4.79 Å². The van der Waals surface area contributed by atoms with E-state index < -0.39 is 6.03 Å². The maximum atomic E-state index is 10.6. The summed E-state index contributed by atoms with van der Waals surface area (Å²) in [4.78, 5) is 10.6. The van der Waals surface area contributed by atoms with E-state index in [-0.39, 0.29) is 6.04 Å². The standard InChI is InChI=1S/C8H17N3O/c9-5-6-3-1-2-4-7(6)11-8(10)12/h6-7H,1-5,9H2,(H3,10,11,12). The number of nitrogens with two attached hydrogens (primary N) is 2. The summed E-state index contributed by atoms with van der Waals surface area (Å²) in [5, 5.41) is 2.74. The first-order valence-corrected chi connectivity index (χ1v) is 4.50. The number of nitrogens with one attached hydrogen (secondary N) is 1. The minimum absolute atomic E-state index is 0.209. The molecule has 0 saturated heterocycles. The molecule has 0 heterocycles. The molecule has 1 aliphatic carbocycles. The molecule has 70 valence electrons. The molecule has 2 atom stereocenters. The largest absolute Gasteiger partial charge is 0.352 e. The third kappa shape index (κ3) is 2.37. The van der Waals surface area contributed by atoms with Crippen LogP contribution in [0.2, 0.25) is 0 Å². The van der Waals surface area contributed by atoms with E-state index in [1.165, 1.54) is 12.8 Å². The molecular weight excluding hydrogens is 154 g/mol. The van der Waals surface area contributed by atoms with Gasteiger partial charge in [-0.2, -0.15) is 0 Å². The van der Waals surface area contributed by atoms with Crippen LogP contribution in [-0.2, 0) is 0 Å². The molecule has 0 aromatic heterocycles. The number of amides is 2. The SMILES string of the molecule is NCC1CCCCC1NC(N)=O. The Morgan fingerprint density at radius 1 is 1.42 bits per heavy atom. The van der Waals surface area contributed by atoms with Crippen molar-refractivity contribution in [3.8, 4) is 0 Å². The maximum absolute atomic E-state index is 10.6. The lowest BCUT2D eigenvalue weighted by molar-refractivity contribution is 0.226. The molecule has 2 amide bonds. The second-order valence-electron chi connectivity index (χ2n) is 3.40. The third-order valence-electron chi connectivity index (χ3n) is 2.54. The van der Waals surface area contributed by atoms with Crippen molar-refractivity contribution in [3.05, 3.63) is 0 Å². The summed E-state index contributed by atoms with van der Waals surface area (Å²) in [5.74, 6) is 0.422. The van der Waals surface area contributed by atoms with Gasteiger partial charge in [0.15, 0.2) is 0 Å². The third-order valence-corrected chi connectivity index (χ3v) is 2.54. The molecule has 5 N–H and O–H groups in total. The molecule has 0 aliphatic heterocycles. The molecule has 1 rings (SSSR count). The second-order valence-corrected chi connectivity index (χ2v) is 3.40. The van der Waals surface area contributed by atoms with E-state index in [1.54, 1.807) is 0 Å². The van der Waals surface area contributed by atoms with Gasteiger partial charge in [0, 0.05) is 6.04 Å². The van der Waals surface area contributed by atoms with Crippen molar-refractivity contribution in [1.29, 1.82) is 0 Å². The number of carbonyl (C=O) groups excluding carboxylic acids is 1. The molecule has 0 bridgehead atoms. The summed E-state index contributed by atoms with van der Waals surface area (Å²) >= 11 is 0. The summed E-state index contributed by atoms with van der Waals surface area (Å²) in [6, 6.07) is -0.221. The minimum Gasteiger partial charge on any atom is -0.352 e. The normalized spacial score (nSPS) is 29.8. The molecule has 2 unspecified atom stereocenters. The molecule has 12 heavy (non-hydrogen) atoms. The Hall–Kier alpha value is -0.770. The van der Waals surface area contributed by atoms with Gasteiger partial charge in [0.1, 0.15) is 0 Å². The van der Waals surface area contributed by atoms with E-state index in [9.17, 15) is 4.79 Å². The van der Waals surface area contributed by atoms with Gasteiger partial charge in [-0.25, -0.2) is 4.79 Å². The van der Waals surface area contributed by atoms with Crippen LogP contribution in [0.15, 0.2) is 0 Å². The molecule has 4 heteroatoms. The first-order valence-electron chi connectivity index (χ1n) is 4.50. The summed E-state index contributed by atoms with van der Waals surface area (Å²) in [5.41, 5.74) is 10.6. The van der Waals surface area contributed by atoms with Crippen LogP contribution in [0.4, 0.5) is 4.79 Å². The number of urea groups is 1. The minimum atomic E-state index is -0.430. The predicted octanol–water partition coefficient (Wildman–Crippen LogP) is 0.172. The monoisotopic (exact) mass is 171 g/mol. The topological polar surface area (TPSA) is 81.1 Å². The van der Waals surface area contributed by atoms with Crippen molar-refractivity contribution >= 4 is 6.03 Å². The van der Waals surface area contributed by atoms with Crippen LogP contribution < -0.4 is 16.8 Å². The van der Waals surface area contributed by atoms with Crippen LogP contribution in [-0.4, -0.2) is 18.6 Å². The zero-order valence-corrected chi connectivity index (χ0v) is 7.25. The lowest BCUT2D eigenvalue weighted by Crippen LogP contribution is -2.46. The highest BCUT2D eigenvalue weighted by atomic mass is 16.2. The average molecular weight is 171 g/mol. The fraction of sp³-hybridized carbons (Fsp3) is 0.875. The van der Waals surface area contributed by atoms with Crippen LogP contribution in [0.3, 0.4) is 0 Å². The Labute approximate surface area is 72.7 Å². The zero-order valence-electron chi connectivity index (χ0n) is 7.25. The first kappa shape index (κ1) is 9.32. The van der Waals surface area contributed by atoms with Gasteiger partial charge in [0.25, 0.3) is 0 Å². The lowest BCUT2D eigenvalue weighted by Gasteiger charge is -2.30. The fourth-order valence-electron chi connectivity index (χ4n) is 1.86. The highest BCUT2D eigenvalue weighted by Crippen LogP contribution is 2.23. The predicted molar refractivity (Wildman–Crippen MR) is 47.5 cm³/mol. The Morgan fingerprint density at radius 2 is 2.08 bits per heavy atom. The van der Waals surface area contributed by atoms with Crippen LogP contribution in [0.1, 0.15) is 25.7 Å². The van der Waals surface area contributed by atoms with Gasteiger partial charge in [0.05, 0.1) is 0 Å². The van der Waals surface area contributed by atoms with Crippen molar-refractivity contribution in [1.82, 2.24) is 5.32 Å². The maximum Gasteiger partial charge on any atom is 0.312 e. The zero-order chi connectivity index (χ0) is 8.97. The molecule has 0 aromatic rings. The lowest BCUT2D eigenvalue weighted by atomic mass is 9.84. The molecule has 0 radical (unpaired) electrons. The second kappa shape index (κ2) is 4.30. The van der Waals surface area contributed by atoms with E-state index in [4.69, 9.17) is 11.5 Å². The quantitative estimate of drug-likeness (QED) is 0.553. The summed E-state index contributed by atoms with van der Waals surface area (Å²) < 4.78 is 0. The van der Waals surface area contributed by atoms with E-state index >= 15 is 0 Å². The number of rotatable bonds is 2. The van der Waals surface area contributed by atoms with Gasteiger partial charge in [-0.3, -0.25) is 0 Å². The van der Waals surface area contributed by atoms with E-state index in [0.29, 0.717) is 12.5 Å². The van der Waals surface area contributed by atoms with Gasteiger partial charge in [-0.05, 0) is 25.3 Å². The molecule has 1 fully saturated rings. The van der Waals surface area contributed by atoms with Crippen molar-refractivity contribution in [3.63, 3.8) is 0 Å². The summed E-state index contributed by atoms with van der Waals surface area (Å²) in [6.07, 6.45) is 4.52. The van der Waals surface area contributed by atoms with Gasteiger partial charge in [-0.1, -0.05) is 12.8 Å². The first-order chi connectivity index (χ1) is 5.74. The van der Waals surface area contributed by atoms with Crippen LogP contribution in [0.5, 0.6) is 0 Å². The van der Waals surface area contributed by atoms with Crippen LogP contribution in [0.25, 0.3) is 0 Å². The Morgan fingerprint density at radius 3 is 2.67 bits per heavy atom. The van der Waals surface area contributed by atoms with Crippen molar-refractivity contribution in [2.75, 3.05) is 6.54 Å². The molecular formula is C8H17N3O. The van der Waals surface area contributed by atoms with Gasteiger partial charge >= 0.3 is 6.03 Å². The van der Waals surface area contributed by atoms with Gasteiger partial charge in [-0.15, -0.1) is 0 Å². The summed E-state index contributed by atoms with van der Waals surface area (Å²) in [7, 11) is 0. The molecule has 1 saturated carbocycles. The smallest absolute Gasteiger partial charge is 0.312 e. The van der Waals surface area contributed by atoms with Crippen LogP contribution in [0, 0.1) is 5.92 Å². The number of carbonyl (C=O) groups is 1. The molecule has 0 aromatic carbocycles. The van der Waals surface area contributed by atoms with E-state index in [0.717, 1.165) is 12.8 Å². The number of hydrogen-bond acceptors (Lipinski definition) is 2. The van der Waals surface area contributed by atoms with E-state index in [2.05, 4.69) is 5.32 Å². The van der Waals surface area contributed by atoms with Gasteiger partial charge in [0.2, 0.25) is 0 Å². The van der Waals surface area contributed by atoms with Crippen molar-refractivity contribution in [2.24, 2.45) is 17.4 Å². The number of hydrogen-bond donors (Lipinski definition) is 3. The molecule has 4 nitrogen and oxygen atoms in total. The average Bonchev–Trinajstić information content (AvgIpc) is 2.04. The number of primary amides is 1. The Bertz CT molecular complexity index is 160. The molecule has 1 aliphatic rings. The highest BCUT2D eigenvalue weighted by Gasteiger charge is 2.24. The van der Waals surface area contributed by atoms with Crippen LogP contribution >= 0.6 is 0 Å². The fourth-order valence-corrected chi connectivity index (χ4v) is 1.86. The van der Waals surface area contributed by atoms with E-state index in [1.807, 2.05) is 0 Å². The summed E-state index contributed by atoms with van der Waals surface area (Å²) in [6.45, 7) is 0.644.